The quantitative estimate of drug-likeness (QED) is 0.392. The fourth-order valence-corrected chi connectivity index (χ4v) is 4.52. The minimum Gasteiger partial charge on any atom is -0.495 e. The first-order valence-corrected chi connectivity index (χ1v) is 12.2. The predicted molar refractivity (Wildman–Crippen MR) is 143 cm³/mol. The molecule has 0 spiro atoms. The summed E-state index contributed by atoms with van der Waals surface area (Å²) < 4.78 is 5.20. The molecule has 188 valence electrons. The van der Waals surface area contributed by atoms with Gasteiger partial charge >= 0.3 is 0 Å². The van der Waals surface area contributed by atoms with Crippen LogP contribution in [0.2, 0.25) is 0 Å². The van der Waals surface area contributed by atoms with Gasteiger partial charge in [-0.25, -0.2) is 0 Å². The van der Waals surface area contributed by atoms with Crippen LogP contribution in [0.15, 0.2) is 36.5 Å². The average Bonchev–Trinajstić information content (AvgIpc) is 3.35. The van der Waals surface area contributed by atoms with E-state index >= 15 is 0 Å². The summed E-state index contributed by atoms with van der Waals surface area (Å²) in [6, 6.07) is 9.52. The Balaban J connectivity index is 1.60. The second-order valence-electron chi connectivity index (χ2n) is 8.80. The van der Waals surface area contributed by atoms with Crippen molar-refractivity contribution < 1.29 is 14.3 Å². The van der Waals surface area contributed by atoms with Crippen molar-refractivity contribution in [1.82, 2.24) is 20.2 Å². The molecule has 8 heteroatoms. The van der Waals surface area contributed by atoms with Crippen LogP contribution in [0.5, 0.6) is 5.75 Å². The normalized spacial score (nSPS) is 13.7. The van der Waals surface area contributed by atoms with Gasteiger partial charge < -0.3 is 25.3 Å². The van der Waals surface area contributed by atoms with Gasteiger partial charge in [0.05, 0.1) is 30.1 Å². The third kappa shape index (κ3) is 5.04. The van der Waals surface area contributed by atoms with Crippen molar-refractivity contribution in [2.24, 2.45) is 0 Å². The van der Waals surface area contributed by atoms with Crippen LogP contribution in [0.3, 0.4) is 0 Å². The fourth-order valence-electron chi connectivity index (χ4n) is 4.52. The molecule has 2 amide bonds. The molecule has 0 aliphatic carbocycles. The Morgan fingerprint density at radius 1 is 1.17 bits per heavy atom. The number of methoxy groups -OCH3 is 1. The number of pyridine rings is 1. The van der Waals surface area contributed by atoms with Gasteiger partial charge in [-0.2, -0.15) is 0 Å². The first-order chi connectivity index (χ1) is 17.4. The van der Waals surface area contributed by atoms with E-state index in [4.69, 9.17) is 4.74 Å². The van der Waals surface area contributed by atoms with Gasteiger partial charge in [0.25, 0.3) is 11.8 Å². The molecule has 36 heavy (non-hydrogen) atoms. The van der Waals surface area contributed by atoms with Gasteiger partial charge in [-0.1, -0.05) is 19.9 Å². The lowest BCUT2D eigenvalue weighted by Gasteiger charge is -2.18. The van der Waals surface area contributed by atoms with Gasteiger partial charge in [0, 0.05) is 41.3 Å². The number of rotatable bonds is 9. The number of ether oxygens (including phenoxy) is 1. The molecule has 2 aromatic heterocycles. The minimum absolute atomic E-state index is 0.109. The second-order valence-corrected chi connectivity index (χ2v) is 8.80. The molecule has 3 heterocycles. The number of nitrogens with zero attached hydrogens (tertiary/aromatic N) is 2. The third-order valence-electron chi connectivity index (χ3n) is 6.67. The molecule has 1 aliphatic heterocycles. The zero-order valence-electron chi connectivity index (χ0n) is 21.5. The molecule has 3 aromatic rings. The number of aryl methyl sites for hydroxylation is 1. The average molecular weight is 488 g/mol. The van der Waals surface area contributed by atoms with Crippen molar-refractivity contribution >= 4 is 29.2 Å². The van der Waals surface area contributed by atoms with Crippen LogP contribution in [0, 0.1) is 13.8 Å². The van der Waals surface area contributed by atoms with Gasteiger partial charge in [0.2, 0.25) is 0 Å². The maximum absolute atomic E-state index is 12.9. The molecule has 0 atom stereocenters. The van der Waals surface area contributed by atoms with Crippen LogP contribution >= 0.6 is 0 Å². The molecule has 0 radical (unpaired) electrons. The van der Waals surface area contributed by atoms with E-state index in [1.54, 1.807) is 13.3 Å². The number of amides is 2. The topological polar surface area (TPSA) is 99.4 Å². The number of H-pyrrole nitrogens is 1. The Labute approximate surface area is 211 Å². The number of hydrogen-bond acceptors (Lipinski definition) is 5. The first kappa shape index (κ1) is 25.2. The Hall–Kier alpha value is -3.91. The smallest absolute Gasteiger partial charge is 0.256 e. The summed E-state index contributed by atoms with van der Waals surface area (Å²) >= 11 is 0. The summed E-state index contributed by atoms with van der Waals surface area (Å²) in [6.45, 7) is 11.3. The second kappa shape index (κ2) is 10.8. The Morgan fingerprint density at radius 2 is 1.94 bits per heavy atom. The summed E-state index contributed by atoms with van der Waals surface area (Å²) in [5, 5.41) is 5.96. The Morgan fingerprint density at radius 3 is 2.61 bits per heavy atom. The van der Waals surface area contributed by atoms with Crippen molar-refractivity contribution in [3.05, 3.63) is 64.6 Å². The molecule has 8 nitrogen and oxygen atoms in total. The zero-order chi connectivity index (χ0) is 25.8. The van der Waals surface area contributed by atoms with E-state index in [0.29, 0.717) is 23.4 Å². The number of fused-ring (bicyclic) bond motifs is 1. The molecule has 0 unspecified atom stereocenters. The molecule has 0 saturated carbocycles. The number of carbonyl (C=O) groups excluding carboxylic acids is 2. The largest absolute Gasteiger partial charge is 0.495 e. The van der Waals surface area contributed by atoms with E-state index in [1.807, 2.05) is 50.3 Å². The standard InChI is InChI=1S/C28H33N5O3/c1-6-33(7-2)13-12-29-28(35)26-17(3)25(31-18(26)4)15-22-21-14-19(8-10-24(21)32-27(22)34)23-11-9-20(36-5)16-30-23/h8-11,14-16,31H,6-7,12-13H2,1-5H3,(H,29,35)(H,32,34)/b22-15-. The van der Waals surface area contributed by atoms with Crippen molar-refractivity contribution in [3.63, 3.8) is 0 Å². The van der Waals surface area contributed by atoms with Crippen LogP contribution in [-0.2, 0) is 4.79 Å². The van der Waals surface area contributed by atoms with E-state index < -0.39 is 0 Å². The number of aromatic nitrogens is 2. The highest BCUT2D eigenvalue weighted by molar-refractivity contribution is 6.35. The van der Waals surface area contributed by atoms with E-state index in [2.05, 4.69) is 39.3 Å². The number of hydrogen-bond donors (Lipinski definition) is 3. The SMILES string of the molecule is CCN(CC)CCNC(=O)c1c(C)[nH]c(/C=C2\C(=O)Nc3ccc(-c4ccc(OC)cn4)cc32)c1C. The van der Waals surface area contributed by atoms with Gasteiger partial charge in [0.15, 0.2) is 0 Å². The van der Waals surface area contributed by atoms with Crippen molar-refractivity contribution in [2.45, 2.75) is 27.7 Å². The van der Waals surface area contributed by atoms with E-state index in [1.165, 1.54) is 0 Å². The molecule has 3 N–H and O–H groups in total. The molecule has 4 rings (SSSR count). The van der Waals surface area contributed by atoms with Crippen LogP contribution in [-0.4, -0.2) is 60.0 Å². The highest BCUT2D eigenvalue weighted by atomic mass is 16.5. The number of benzene rings is 1. The summed E-state index contributed by atoms with van der Waals surface area (Å²) in [5.41, 5.74) is 6.72. The third-order valence-corrected chi connectivity index (χ3v) is 6.67. The number of anilines is 1. The molecule has 1 aromatic carbocycles. The van der Waals surface area contributed by atoms with E-state index in [9.17, 15) is 9.59 Å². The van der Waals surface area contributed by atoms with Crippen LogP contribution < -0.4 is 15.4 Å². The highest BCUT2D eigenvalue weighted by Crippen LogP contribution is 2.36. The lowest BCUT2D eigenvalue weighted by atomic mass is 10.0. The summed E-state index contributed by atoms with van der Waals surface area (Å²) in [4.78, 5) is 35.8. The summed E-state index contributed by atoms with van der Waals surface area (Å²) in [5.74, 6) is 0.395. The minimum atomic E-state index is -0.179. The van der Waals surface area contributed by atoms with Gasteiger partial charge in [0.1, 0.15) is 5.75 Å². The van der Waals surface area contributed by atoms with E-state index in [0.717, 1.165) is 59.1 Å². The Bertz CT molecular complexity index is 1300. The van der Waals surface area contributed by atoms with Crippen molar-refractivity contribution in [3.8, 4) is 17.0 Å². The highest BCUT2D eigenvalue weighted by Gasteiger charge is 2.26. The van der Waals surface area contributed by atoms with Crippen LogP contribution in [0.25, 0.3) is 22.9 Å². The molecule has 0 bridgehead atoms. The summed E-state index contributed by atoms with van der Waals surface area (Å²) in [7, 11) is 1.60. The first-order valence-electron chi connectivity index (χ1n) is 12.2. The number of nitrogens with one attached hydrogen (secondary N) is 3. The number of carbonyl (C=O) groups is 2. The van der Waals surface area contributed by atoms with Gasteiger partial charge in [-0.05, 0) is 62.8 Å². The number of aromatic amines is 1. The van der Waals surface area contributed by atoms with Crippen LogP contribution in [0.1, 0.15) is 46.7 Å². The molecule has 1 aliphatic rings. The zero-order valence-corrected chi connectivity index (χ0v) is 21.5. The maximum atomic E-state index is 12.9. The van der Waals surface area contributed by atoms with Crippen molar-refractivity contribution in [2.75, 3.05) is 38.6 Å². The fraction of sp³-hybridized carbons (Fsp3) is 0.321. The summed E-state index contributed by atoms with van der Waals surface area (Å²) in [6.07, 6.45) is 3.49. The van der Waals surface area contributed by atoms with Gasteiger partial charge in [-0.15, -0.1) is 0 Å². The molecule has 0 fully saturated rings. The maximum Gasteiger partial charge on any atom is 0.256 e. The van der Waals surface area contributed by atoms with Crippen molar-refractivity contribution in [1.29, 1.82) is 0 Å². The van der Waals surface area contributed by atoms with E-state index in [-0.39, 0.29) is 11.8 Å². The lowest BCUT2D eigenvalue weighted by Crippen LogP contribution is -2.35. The van der Waals surface area contributed by atoms with Crippen LogP contribution in [0.4, 0.5) is 5.69 Å². The molecular weight excluding hydrogens is 454 g/mol. The monoisotopic (exact) mass is 487 g/mol. The molecular formula is C28H33N5O3. The molecule has 0 saturated heterocycles. The Kier molecular flexibility index (Phi) is 7.55. The number of likely N-dealkylation sites (N-methyl/N-ethyl adjacent to an activating group) is 1. The van der Waals surface area contributed by atoms with Gasteiger partial charge in [-0.3, -0.25) is 14.6 Å². The predicted octanol–water partition coefficient (Wildman–Crippen LogP) is 4.27. The lowest BCUT2D eigenvalue weighted by molar-refractivity contribution is -0.110.